The zero-order valence-electron chi connectivity index (χ0n) is 23.7. The summed E-state index contributed by atoms with van der Waals surface area (Å²) in [5.41, 5.74) is 4.84. The molecule has 218 valence electrons. The van der Waals surface area contributed by atoms with Crippen LogP contribution in [0.5, 0.6) is 0 Å². The number of carbonyl (C=O) groups excluding carboxylic acids is 1. The molecule has 0 saturated carbocycles. The molecule has 2 aliphatic rings. The summed E-state index contributed by atoms with van der Waals surface area (Å²) in [6.07, 6.45) is 5.86. The minimum atomic E-state index is -3.23. The molecule has 1 aromatic heterocycles. The molecule has 2 atom stereocenters. The van der Waals surface area contributed by atoms with Crippen LogP contribution in [0.25, 0.3) is 5.69 Å². The van der Waals surface area contributed by atoms with Gasteiger partial charge in [-0.25, -0.2) is 13.1 Å². The summed E-state index contributed by atoms with van der Waals surface area (Å²) < 4.78 is 25.7. The van der Waals surface area contributed by atoms with E-state index in [0.29, 0.717) is 34.5 Å². The third-order valence-corrected chi connectivity index (χ3v) is 9.88. The number of hydrogen-bond acceptors (Lipinski definition) is 5. The zero-order chi connectivity index (χ0) is 29.3. The third-order valence-electron chi connectivity index (χ3n) is 8.50. The van der Waals surface area contributed by atoms with E-state index in [1.807, 2.05) is 52.0 Å². The van der Waals surface area contributed by atoms with Crippen LogP contribution in [0.2, 0.25) is 5.02 Å². The van der Waals surface area contributed by atoms with Crippen molar-refractivity contribution in [2.45, 2.75) is 42.5 Å². The van der Waals surface area contributed by atoms with Crippen LogP contribution in [0, 0.1) is 0 Å². The van der Waals surface area contributed by atoms with Crippen LogP contribution >= 0.6 is 11.6 Å². The lowest BCUT2D eigenvalue weighted by Crippen LogP contribution is -2.36. The molecule has 0 N–H and O–H groups in total. The number of piperidine rings is 1. The zero-order valence-corrected chi connectivity index (χ0v) is 25.3. The van der Waals surface area contributed by atoms with Crippen molar-refractivity contribution in [3.05, 3.63) is 112 Å². The molecule has 3 aromatic carbocycles. The summed E-state index contributed by atoms with van der Waals surface area (Å²) in [7, 11) is -3.23. The number of amides is 1. The molecule has 0 radical (unpaired) electrons. The van der Waals surface area contributed by atoms with E-state index in [0.717, 1.165) is 55.8 Å². The first-order valence-electron chi connectivity index (χ1n) is 14.5. The van der Waals surface area contributed by atoms with Crippen molar-refractivity contribution in [1.29, 1.82) is 0 Å². The van der Waals surface area contributed by atoms with Crippen LogP contribution < -0.4 is 0 Å². The molecule has 42 heavy (non-hydrogen) atoms. The predicted octanol–water partition coefficient (Wildman–Crippen LogP) is 5.94. The molecule has 2 unspecified atom stereocenters. The fourth-order valence-electron chi connectivity index (χ4n) is 6.34. The van der Waals surface area contributed by atoms with Crippen molar-refractivity contribution in [3.8, 4) is 5.69 Å². The summed E-state index contributed by atoms with van der Waals surface area (Å²) >= 11 is 6.19. The van der Waals surface area contributed by atoms with Gasteiger partial charge in [-0.1, -0.05) is 54.1 Å². The number of carbonyl (C=O) groups is 1. The van der Waals surface area contributed by atoms with E-state index in [1.54, 1.807) is 18.3 Å². The van der Waals surface area contributed by atoms with E-state index in [9.17, 15) is 13.2 Å². The molecule has 3 heterocycles. The number of aromatic nitrogens is 2. The van der Waals surface area contributed by atoms with Crippen LogP contribution in [-0.2, 0) is 16.4 Å². The molecule has 2 saturated heterocycles. The number of benzene rings is 3. The van der Waals surface area contributed by atoms with E-state index in [-0.39, 0.29) is 11.8 Å². The van der Waals surface area contributed by atoms with Gasteiger partial charge in [0.25, 0.3) is 5.91 Å². The van der Waals surface area contributed by atoms with Crippen molar-refractivity contribution in [1.82, 2.24) is 19.6 Å². The van der Waals surface area contributed by atoms with Crippen molar-refractivity contribution < 1.29 is 13.2 Å². The highest BCUT2D eigenvalue weighted by Gasteiger charge is 2.34. The molecule has 0 aliphatic carbocycles. The topological polar surface area (TPSA) is 75.5 Å². The highest BCUT2D eigenvalue weighted by Crippen LogP contribution is 2.34. The number of rotatable bonds is 7. The van der Waals surface area contributed by atoms with Crippen molar-refractivity contribution in [2.75, 3.05) is 32.4 Å². The Hall–Kier alpha value is -3.46. The molecular weight excluding hydrogens is 568 g/mol. The second-order valence-electron chi connectivity index (χ2n) is 11.5. The van der Waals surface area contributed by atoms with E-state index >= 15 is 0 Å². The Morgan fingerprint density at radius 3 is 2.36 bits per heavy atom. The number of hydrogen-bond donors (Lipinski definition) is 0. The molecule has 6 rings (SSSR count). The van der Waals surface area contributed by atoms with Gasteiger partial charge < -0.3 is 4.90 Å². The van der Waals surface area contributed by atoms with Crippen LogP contribution in [0.4, 0.5) is 0 Å². The predicted molar refractivity (Wildman–Crippen MR) is 165 cm³/mol. The fraction of sp³-hybridized carbons (Fsp3) is 0.333. The highest BCUT2D eigenvalue weighted by atomic mass is 35.5. The molecular formula is C33H35ClN4O3S. The van der Waals surface area contributed by atoms with Gasteiger partial charge in [0.05, 0.1) is 28.0 Å². The summed E-state index contributed by atoms with van der Waals surface area (Å²) in [5, 5.41) is 5.40. The van der Waals surface area contributed by atoms with E-state index in [4.69, 9.17) is 16.7 Å². The summed E-state index contributed by atoms with van der Waals surface area (Å²) in [4.78, 5) is 18.8. The van der Waals surface area contributed by atoms with Gasteiger partial charge in [-0.2, -0.15) is 5.10 Å². The van der Waals surface area contributed by atoms with Gasteiger partial charge in [-0.05, 0) is 73.3 Å². The standard InChI is InChI=1S/C33H35ClN4O3S/c1-42(40,41)30-15-9-24(10-16-30)21-36-18-5-8-27(22-36)32-31(20-35-38(32)29-13-11-28(34)12-14-29)33(39)37-19-17-26(23-37)25-6-3-2-4-7-25/h2-4,6-7,9-16,20,26-27H,5,8,17-19,21-23H2,1H3. The first-order valence-corrected chi connectivity index (χ1v) is 16.7. The van der Waals surface area contributed by atoms with Gasteiger partial charge in [0.1, 0.15) is 0 Å². The lowest BCUT2D eigenvalue weighted by Gasteiger charge is -2.33. The fourth-order valence-corrected chi connectivity index (χ4v) is 7.09. The van der Waals surface area contributed by atoms with E-state index in [2.05, 4.69) is 29.2 Å². The Bertz CT molecular complexity index is 1650. The molecule has 4 aromatic rings. The highest BCUT2D eigenvalue weighted by molar-refractivity contribution is 7.90. The molecule has 2 fully saturated rings. The van der Waals surface area contributed by atoms with Gasteiger partial charge in [0, 0.05) is 49.3 Å². The Labute approximate surface area is 252 Å². The second kappa shape index (κ2) is 12.0. The number of likely N-dealkylation sites (tertiary alicyclic amines) is 2. The SMILES string of the molecule is CS(=O)(=O)c1ccc(CN2CCCC(c3c(C(=O)N4CCC(c5ccccc5)C4)cnn3-c3ccc(Cl)cc3)C2)cc1. The molecule has 0 bridgehead atoms. The Balaban J connectivity index is 1.27. The van der Waals surface area contributed by atoms with Crippen LogP contribution in [0.3, 0.4) is 0 Å². The number of nitrogens with zero attached hydrogens (tertiary/aromatic N) is 4. The van der Waals surface area contributed by atoms with Crippen LogP contribution in [-0.4, -0.2) is 66.3 Å². The first kappa shape index (κ1) is 28.6. The Morgan fingerprint density at radius 2 is 1.64 bits per heavy atom. The normalized spacial score (nSPS) is 19.7. The van der Waals surface area contributed by atoms with Crippen molar-refractivity contribution in [3.63, 3.8) is 0 Å². The quantitative estimate of drug-likeness (QED) is 0.262. The monoisotopic (exact) mass is 602 g/mol. The maximum atomic E-state index is 14.1. The molecule has 1 amide bonds. The summed E-state index contributed by atoms with van der Waals surface area (Å²) in [6, 6.07) is 25.2. The average molecular weight is 603 g/mol. The summed E-state index contributed by atoms with van der Waals surface area (Å²) in [6.45, 7) is 3.86. The molecule has 9 heteroatoms. The van der Waals surface area contributed by atoms with Gasteiger partial charge in [0.15, 0.2) is 9.84 Å². The van der Waals surface area contributed by atoms with E-state index < -0.39 is 9.84 Å². The Morgan fingerprint density at radius 1 is 0.905 bits per heavy atom. The largest absolute Gasteiger partial charge is 0.338 e. The lowest BCUT2D eigenvalue weighted by atomic mass is 9.91. The third kappa shape index (κ3) is 6.16. The first-order chi connectivity index (χ1) is 20.3. The average Bonchev–Trinajstić information content (AvgIpc) is 3.66. The second-order valence-corrected chi connectivity index (χ2v) is 13.9. The van der Waals surface area contributed by atoms with E-state index in [1.165, 1.54) is 11.8 Å². The van der Waals surface area contributed by atoms with Crippen molar-refractivity contribution in [2.24, 2.45) is 0 Å². The van der Waals surface area contributed by atoms with Crippen LogP contribution in [0.15, 0.2) is 90.0 Å². The van der Waals surface area contributed by atoms with Gasteiger partial charge in [-0.3, -0.25) is 9.69 Å². The minimum absolute atomic E-state index is 0.0390. The smallest absolute Gasteiger partial charge is 0.257 e. The van der Waals surface area contributed by atoms with Gasteiger partial charge in [0.2, 0.25) is 0 Å². The molecule has 7 nitrogen and oxygen atoms in total. The van der Waals surface area contributed by atoms with Gasteiger partial charge in [-0.15, -0.1) is 0 Å². The van der Waals surface area contributed by atoms with Crippen molar-refractivity contribution >= 4 is 27.3 Å². The number of sulfone groups is 1. The number of halogens is 1. The van der Waals surface area contributed by atoms with Gasteiger partial charge >= 0.3 is 0 Å². The minimum Gasteiger partial charge on any atom is -0.338 e. The van der Waals surface area contributed by atoms with Crippen LogP contribution in [0.1, 0.15) is 58.3 Å². The Kier molecular flexibility index (Phi) is 8.21. The maximum Gasteiger partial charge on any atom is 0.257 e. The molecule has 2 aliphatic heterocycles. The molecule has 0 spiro atoms. The summed E-state index contributed by atoms with van der Waals surface area (Å²) in [5.74, 6) is 0.486. The maximum absolute atomic E-state index is 14.1. The lowest BCUT2D eigenvalue weighted by molar-refractivity contribution is 0.0787.